The molecule has 34 heavy (non-hydrogen) atoms. The highest BCUT2D eigenvalue weighted by molar-refractivity contribution is 7.90. The van der Waals surface area contributed by atoms with E-state index in [4.69, 9.17) is 6.57 Å². The van der Waals surface area contributed by atoms with Gasteiger partial charge in [0, 0.05) is 37.1 Å². The van der Waals surface area contributed by atoms with E-state index in [1.54, 1.807) is 39.0 Å². The van der Waals surface area contributed by atoms with Crippen molar-refractivity contribution in [3.8, 4) is 0 Å². The van der Waals surface area contributed by atoms with Crippen molar-refractivity contribution >= 4 is 37.1 Å². The standard InChI is InChI=1S/C23H28N4O5S2/c1-16-9-10-20(33(5,29)30)12-22(16)25-23(28)15-26-13-17(2)27(18(3)14-26)34(31,32)21-8-6-7-19(11-21)24-4/h6-12,17-18H,13-15H2,1-3,5H3,(H,25,28)/t17-,18+. The van der Waals surface area contributed by atoms with Crippen molar-refractivity contribution in [3.63, 3.8) is 0 Å². The van der Waals surface area contributed by atoms with Crippen molar-refractivity contribution in [2.75, 3.05) is 31.2 Å². The Labute approximate surface area is 201 Å². The molecule has 0 aromatic heterocycles. The smallest absolute Gasteiger partial charge is 0.242 e. The first-order valence-electron chi connectivity index (χ1n) is 10.7. The van der Waals surface area contributed by atoms with Gasteiger partial charge in [0.2, 0.25) is 15.9 Å². The van der Waals surface area contributed by atoms with Crippen LogP contribution in [-0.2, 0) is 24.7 Å². The Balaban J connectivity index is 1.71. The first-order valence-corrected chi connectivity index (χ1v) is 14.0. The van der Waals surface area contributed by atoms with E-state index in [0.29, 0.717) is 18.8 Å². The van der Waals surface area contributed by atoms with Crippen molar-refractivity contribution in [1.29, 1.82) is 0 Å². The largest absolute Gasteiger partial charge is 0.325 e. The molecule has 2 atom stereocenters. The first kappa shape index (κ1) is 25.8. The normalized spacial score (nSPS) is 20.0. The minimum Gasteiger partial charge on any atom is -0.325 e. The van der Waals surface area contributed by atoms with Gasteiger partial charge >= 0.3 is 0 Å². The van der Waals surface area contributed by atoms with Crippen LogP contribution in [0.1, 0.15) is 19.4 Å². The summed E-state index contributed by atoms with van der Waals surface area (Å²) < 4.78 is 51.6. The summed E-state index contributed by atoms with van der Waals surface area (Å²) in [4.78, 5) is 18.1. The number of hydrogen-bond acceptors (Lipinski definition) is 6. The molecule has 1 fully saturated rings. The Morgan fingerprint density at radius 1 is 1.06 bits per heavy atom. The van der Waals surface area contributed by atoms with Crippen LogP contribution in [0.4, 0.5) is 11.4 Å². The number of rotatable bonds is 6. The number of sulfone groups is 1. The molecule has 1 saturated heterocycles. The van der Waals surface area contributed by atoms with E-state index in [-0.39, 0.29) is 27.9 Å². The number of amides is 1. The summed E-state index contributed by atoms with van der Waals surface area (Å²) in [5, 5.41) is 2.77. The summed E-state index contributed by atoms with van der Waals surface area (Å²) in [6.07, 6.45) is 1.11. The average Bonchev–Trinajstić information content (AvgIpc) is 2.73. The fourth-order valence-corrected chi connectivity index (χ4v) is 6.71. The molecule has 2 aromatic carbocycles. The third kappa shape index (κ3) is 5.64. The third-order valence-electron chi connectivity index (χ3n) is 5.71. The monoisotopic (exact) mass is 504 g/mol. The van der Waals surface area contributed by atoms with Gasteiger partial charge in [-0.2, -0.15) is 4.31 Å². The van der Waals surface area contributed by atoms with Gasteiger partial charge in [-0.1, -0.05) is 18.2 Å². The summed E-state index contributed by atoms with van der Waals surface area (Å²) in [5.41, 5.74) is 1.42. The van der Waals surface area contributed by atoms with E-state index in [9.17, 15) is 21.6 Å². The Bertz CT molecular complexity index is 1340. The molecule has 1 amide bonds. The topological polar surface area (TPSA) is 108 Å². The fraction of sp³-hybridized carbons (Fsp3) is 0.391. The average molecular weight is 505 g/mol. The number of benzene rings is 2. The van der Waals surface area contributed by atoms with E-state index in [2.05, 4.69) is 10.2 Å². The first-order chi connectivity index (χ1) is 15.8. The highest BCUT2D eigenvalue weighted by atomic mass is 32.2. The molecule has 0 bridgehead atoms. The molecule has 2 aromatic rings. The van der Waals surface area contributed by atoms with Gasteiger partial charge in [0.25, 0.3) is 0 Å². The van der Waals surface area contributed by atoms with E-state index in [1.165, 1.54) is 28.6 Å². The van der Waals surface area contributed by atoms with Gasteiger partial charge in [0.1, 0.15) is 0 Å². The van der Waals surface area contributed by atoms with E-state index >= 15 is 0 Å². The Morgan fingerprint density at radius 2 is 1.71 bits per heavy atom. The van der Waals surface area contributed by atoms with Crippen LogP contribution in [0.15, 0.2) is 52.3 Å². The maximum absolute atomic E-state index is 13.3. The van der Waals surface area contributed by atoms with Gasteiger partial charge in [0.15, 0.2) is 15.5 Å². The fourth-order valence-electron chi connectivity index (χ4n) is 4.21. The van der Waals surface area contributed by atoms with Crippen LogP contribution in [-0.4, -0.2) is 69.9 Å². The number of nitrogens with zero attached hydrogens (tertiary/aromatic N) is 3. The van der Waals surface area contributed by atoms with Gasteiger partial charge in [-0.25, -0.2) is 21.7 Å². The highest BCUT2D eigenvalue weighted by Gasteiger charge is 2.38. The van der Waals surface area contributed by atoms with Crippen molar-refractivity contribution in [2.45, 2.75) is 42.6 Å². The number of anilines is 1. The van der Waals surface area contributed by atoms with Crippen LogP contribution >= 0.6 is 0 Å². The summed E-state index contributed by atoms with van der Waals surface area (Å²) in [6.45, 7) is 13.2. The van der Waals surface area contributed by atoms with Gasteiger partial charge in [-0.3, -0.25) is 9.69 Å². The zero-order valence-electron chi connectivity index (χ0n) is 19.5. The van der Waals surface area contributed by atoms with Crippen molar-refractivity contribution in [1.82, 2.24) is 9.21 Å². The molecule has 182 valence electrons. The molecule has 9 nitrogen and oxygen atoms in total. The van der Waals surface area contributed by atoms with Crippen LogP contribution in [0.2, 0.25) is 0 Å². The number of piperazine rings is 1. The Hall–Kier alpha value is -2.78. The molecular formula is C23H28N4O5S2. The maximum atomic E-state index is 13.3. The third-order valence-corrected chi connectivity index (χ3v) is 8.95. The van der Waals surface area contributed by atoms with Gasteiger partial charge in [-0.05, 0) is 50.6 Å². The van der Waals surface area contributed by atoms with E-state index in [0.717, 1.165) is 11.8 Å². The highest BCUT2D eigenvalue weighted by Crippen LogP contribution is 2.28. The number of sulfonamides is 1. The summed E-state index contributed by atoms with van der Waals surface area (Å²) in [7, 11) is -7.22. The number of aryl methyl sites for hydroxylation is 1. The van der Waals surface area contributed by atoms with Crippen LogP contribution < -0.4 is 5.32 Å². The van der Waals surface area contributed by atoms with Crippen molar-refractivity contribution < 1.29 is 21.6 Å². The molecule has 0 spiro atoms. The molecule has 1 aliphatic rings. The second-order valence-electron chi connectivity index (χ2n) is 8.63. The summed E-state index contributed by atoms with van der Waals surface area (Å²) >= 11 is 0. The predicted octanol–water partition coefficient (Wildman–Crippen LogP) is 2.67. The molecule has 3 rings (SSSR count). The number of carbonyl (C=O) groups is 1. The number of nitrogens with one attached hydrogen (secondary N) is 1. The van der Waals surface area contributed by atoms with Crippen molar-refractivity contribution in [2.24, 2.45) is 0 Å². The zero-order valence-corrected chi connectivity index (χ0v) is 21.1. The lowest BCUT2D eigenvalue weighted by Gasteiger charge is -2.43. The molecule has 1 aliphatic heterocycles. The minimum absolute atomic E-state index is 0.0400. The molecule has 0 unspecified atom stereocenters. The zero-order chi connectivity index (χ0) is 25.3. The molecule has 1 N–H and O–H groups in total. The molecule has 0 aliphatic carbocycles. The molecule has 1 heterocycles. The number of carbonyl (C=O) groups excluding carboxylic acids is 1. The lowest BCUT2D eigenvalue weighted by Crippen LogP contribution is -2.59. The lowest BCUT2D eigenvalue weighted by atomic mass is 10.1. The predicted molar refractivity (Wildman–Crippen MR) is 130 cm³/mol. The van der Waals surface area contributed by atoms with Crippen molar-refractivity contribution in [3.05, 3.63) is 59.4 Å². The van der Waals surface area contributed by atoms with Gasteiger partial charge in [-0.15, -0.1) is 0 Å². The number of hydrogen-bond donors (Lipinski definition) is 1. The Kier molecular flexibility index (Phi) is 7.47. The van der Waals surface area contributed by atoms with Crippen LogP contribution in [0.5, 0.6) is 0 Å². The minimum atomic E-state index is -3.81. The van der Waals surface area contributed by atoms with Gasteiger partial charge in [0.05, 0.1) is 22.9 Å². The Morgan fingerprint density at radius 3 is 2.29 bits per heavy atom. The molecule has 0 radical (unpaired) electrons. The van der Waals surface area contributed by atoms with E-state index in [1.807, 2.05) is 4.90 Å². The second kappa shape index (κ2) is 9.84. The lowest BCUT2D eigenvalue weighted by molar-refractivity contribution is -0.118. The SMILES string of the molecule is [C-]#[N+]c1cccc(S(=O)(=O)N2[C@H](C)CN(CC(=O)Nc3cc(S(C)(=O)=O)ccc3C)C[C@@H]2C)c1. The van der Waals surface area contributed by atoms with Crippen LogP contribution in [0.3, 0.4) is 0 Å². The molecular weight excluding hydrogens is 476 g/mol. The van der Waals surface area contributed by atoms with Crippen LogP contribution in [0, 0.1) is 13.5 Å². The second-order valence-corrected chi connectivity index (χ2v) is 12.5. The molecule has 0 saturated carbocycles. The van der Waals surface area contributed by atoms with Gasteiger partial charge < -0.3 is 5.32 Å². The van der Waals surface area contributed by atoms with E-state index < -0.39 is 31.9 Å². The summed E-state index contributed by atoms with van der Waals surface area (Å²) in [6, 6.07) is 9.75. The quantitative estimate of drug-likeness (QED) is 0.606. The molecule has 11 heteroatoms. The summed E-state index contributed by atoms with van der Waals surface area (Å²) in [5.74, 6) is -0.311. The van der Waals surface area contributed by atoms with Crippen LogP contribution in [0.25, 0.3) is 4.85 Å². The maximum Gasteiger partial charge on any atom is 0.242 e.